The zero-order valence-corrected chi connectivity index (χ0v) is 11.2. The summed E-state index contributed by atoms with van der Waals surface area (Å²) in [6.45, 7) is 6.40. The molecule has 3 heteroatoms. The maximum Gasteiger partial charge on any atom is 0.0700 e. The zero-order chi connectivity index (χ0) is 12.7. The van der Waals surface area contributed by atoms with E-state index in [0.717, 1.165) is 19.5 Å². The van der Waals surface area contributed by atoms with Gasteiger partial charge in [0.25, 0.3) is 0 Å². The highest BCUT2D eigenvalue weighted by atomic mass is 15.2. The van der Waals surface area contributed by atoms with Gasteiger partial charge in [0.05, 0.1) is 11.4 Å². The molecule has 0 aliphatic carbocycles. The number of aromatic nitrogens is 2. The molecule has 1 aliphatic rings. The second-order valence-corrected chi connectivity index (χ2v) is 5.33. The summed E-state index contributed by atoms with van der Waals surface area (Å²) in [5, 5.41) is 7.72. The lowest BCUT2D eigenvalue weighted by molar-refractivity contribution is 0.312. The first-order valence-corrected chi connectivity index (χ1v) is 6.47. The number of benzene rings is 1. The minimum absolute atomic E-state index is 0.995. The van der Waals surface area contributed by atoms with E-state index in [1.165, 1.54) is 33.6 Å². The molecule has 18 heavy (non-hydrogen) atoms. The Morgan fingerprint density at radius 3 is 2.89 bits per heavy atom. The van der Waals surface area contributed by atoms with E-state index in [2.05, 4.69) is 54.2 Å². The van der Waals surface area contributed by atoms with Gasteiger partial charge in [0.15, 0.2) is 0 Å². The molecule has 0 fully saturated rings. The lowest BCUT2D eigenvalue weighted by Gasteiger charge is -2.22. The quantitative estimate of drug-likeness (QED) is 0.832. The Kier molecular flexibility index (Phi) is 2.71. The van der Waals surface area contributed by atoms with Gasteiger partial charge in [0.2, 0.25) is 0 Å². The number of nitrogens with one attached hydrogen (secondary N) is 1. The zero-order valence-electron chi connectivity index (χ0n) is 11.2. The smallest absolute Gasteiger partial charge is 0.0700 e. The summed E-state index contributed by atoms with van der Waals surface area (Å²) >= 11 is 0. The van der Waals surface area contributed by atoms with Crippen LogP contribution in [0.15, 0.2) is 18.2 Å². The van der Waals surface area contributed by atoms with Gasteiger partial charge >= 0.3 is 0 Å². The molecule has 0 saturated heterocycles. The highest BCUT2D eigenvalue weighted by Gasteiger charge is 2.21. The number of nitrogens with zero attached hydrogens (tertiary/aromatic N) is 2. The largest absolute Gasteiger partial charge is 0.302 e. The van der Waals surface area contributed by atoms with E-state index in [1.807, 2.05) is 0 Å². The first kappa shape index (κ1) is 11.5. The van der Waals surface area contributed by atoms with Crippen LogP contribution in [0.1, 0.15) is 22.4 Å². The molecule has 1 aromatic carbocycles. The van der Waals surface area contributed by atoms with Gasteiger partial charge in [-0.15, -0.1) is 0 Å². The number of aromatic amines is 1. The molecule has 0 saturated carbocycles. The van der Waals surface area contributed by atoms with Crippen LogP contribution in [0.5, 0.6) is 0 Å². The van der Waals surface area contributed by atoms with E-state index < -0.39 is 0 Å². The molecule has 2 heterocycles. The number of H-pyrrole nitrogens is 1. The molecule has 3 nitrogen and oxygen atoms in total. The number of rotatable bonds is 1. The van der Waals surface area contributed by atoms with Gasteiger partial charge in [0.1, 0.15) is 0 Å². The predicted molar refractivity (Wildman–Crippen MR) is 73.5 cm³/mol. The predicted octanol–water partition coefficient (Wildman–Crippen LogP) is 2.68. The van der Waals surface area contributed by atoms with Gasteiger partial charge in [-0.25, -0.2) is 0 Å². The van der Waals surface area contributed by atoms with Gasteiger partial charge < -0.3 is 4.90 Å². The van der Waals surface area contributed by atoms with Crippen LogP contribution in [-0.4, -0.2) is 28.7 Å². The summed E-state index contributed by atoms with van der Waals surface area (Å²) in [7, 11) is 2.17. The minimum Gasteiger partial charge on any atom is -0.302 e. The Labute approximate surface area is 108 Å². The first-order valence-electron chi connectivity index (χ1n) is 6.47. The van der Waals surface area contributed by atoms with Crippen LogP contribution in [0.4, 0.5) is 0 Å². The molecule has 1 aliphatic heterocycles. The van der Waals surface area contributed by atoms with Crippen LogP contribution in [0, 0.1) is 13.8 Å². The lowest BCUT2D eigenvalue weighted by atomic mass is 9.97. The van der Waals surface area contributed by atoms with Gasteiger partial charge in [-0.2, -0.15) is 5.10 Å². The molecule has 3 rings (SSSR count). The Morgan fingerprint density at radius 1 is 1.28 bits per heavy atom. The van der Waals surface area contributed by atoms with Gasteiger partial charge in [-0.3, -0.25) is 5.10 Å². The molecular formula is C15H19N3. The molecule has 0 spiro atoms. The summed E-state index contributed by atoms with van der Waals surface area (Å²) in [5.41, 5.74) is 7.72. The number of hydrogen-bond acceptors (Lipinski definition) is 2. The van der Waals surface area contributed by atoms with E-state index in [9.17, 15) is 0 Å². The molecule has 0 radical (unpaired) electrons. The van der Waals surface area contributed by atoms with Crippen molar-refractivity contribution in [2.45, 2.75) is 26.8 Å². The first-order chi connectivity index (χ1) is 8.65. The van der Waals surface area contributed by atoms with Gasteiger partial charge in [0, 0.05) is 30.6 Å². The molecule has 1 N–H and O–H groups in total. The van der Waals surface area contributed by atoms with Crippen molar-refractivity contribution in [1.29, 1.82) is 0 Å². The maximum absolute atomic E-state index is 4.48. The Hall–Kier alpha value is -1.61. The van der Waals surface area contributed by atoms with Crippen LogP contribution in [-0.2, 0) is 13.0 Å². The summed E-state index contributed by atoms with van der Waals surface area (Å²) in [5.74, 6) is 0. The summed E-state index contributed by atoms with van der Waals surface area (Å²) in [6, 6.07) is 6.60. The third kappa shape index (κ3) is 1.85. The average molecular weight is 241 g/mol. The molecule has 0 atom stereocenters. The molecule has 1 aromatic heterocycles. The monoisotopic (exact) mass is 241 g/mol. The van der Waals surface area contributed by atoms with E-state index in [0.29, 0.717) is 0 Å². The van der Waals surface area contributed by atoms with E-state index in [1.54, 1.807) is 0 Å². The Morgan fingerprint density at radius 2 is 2.11 bits per heavy atom. The molecule has 0 amide bonds. The average Bonchev–Trinajstić information content (AvgIpc) is 2.72. The Balaban J connectivity index is 2.10. The maximum atomic E-state index is 4.48. The fourth-order valence-corrected chi connectivity index (χ4v) is 2.74. The van der Waals surface area contributed by atoms with Crippen LogP contribution in [0.2, 0.25) is 0 Å². The van der Waals surface area contributed by atoms with Crippen molar-refractivity contribution >= 4 is 0 Å². The molecule has 2 aromatic rings. The molecular weight excluding hydrogens is 222 g/mol. The standard InChI is InChI=1S/C15H19N3/c1-10-4-5-12(11(2)8-10)15-13-9-18(3)7-6-14(13)16-17-15/h4-5,8H,6-7,9H2,1-3H3,(H,16,17). The SMILES string of the molecule is Cc1ccc(-c2[nH]nc3c2CN(C)CC3)c(C)c1. The van der Waals surface area contributed by atoms with E-state index >= 15 is 0 Å². The highest BCUT2D eigenvalue weighted by molar-refractivity contribution is 5.68. The summed E-state index contributed by atoms with van der Waals surface area (Å²) in [4.78, 5) is 2.35. The number of fused-ring (bicyclic) bond motifs is 1. The lowest BCUT2D eigenvalue weighted by Crippen LogP contribution is -2.26. The van der Waals surface area contributed by atoms with Crippen molar-refractivity contribution in [3.8, 4) is 11.3 Å². The normalized spacial score (nSPS) is 15.7. The van der Waals surface area contributed by atoms with Crippen LogP contribution >= 0.6 is 0 Å². The van der Waals surface area contributed by atoms with Gasteiger partial charge in [-0.05, 0) is 26.5 Å². The van der Waals surface area contributed by atoms with Crippen molar-refractivity contribution in [3.63, 3.8) is 0 Å². The summed E-state index contributed by atoms with van der Waals surface area (Å²) < 4.78 is 0. The van der Waals surface area contributed by atoms with Crippen molar-refractivity contribution in [1.82, 2.24) is 15.1 Å². The van der Waals surface area contributed by atoms with Crippen LogP contribution in [0.3, 0.4) is 0 Å². The third-order valence-electron chi connectivity index (χ3n) is 3.76. The second-order valence-electron chi connectivity index (χ2n) is 5.33. The van der Waals surface area contributed by atoms with Crippen molar-refractivity contribution < 1.29 is 0 Å². The van der Waals surface area contributed by atoms with Gasteiger partial charge in [-0.1, -0.05) is 23.8 Å². The number of likely N-dealkylation sites (N-methyl/N-ethyl adjacent to an activating group) is 1. The molecule has 0 bridgehead atoms. The molecule has 94 valence electrons. The Bertz CT molecular complexity index is 583. The molecule has 0 unspecified atom stereocenters. The number of aryl methyl sites for hydroxylation is 2. The van der Waals surface area contributed by atoms with Crippen molar-refractivity contribution in [2.75, 3.05) is 13.6 Å². The summed E-state index contributed by atoms with van der Waals surface area (Å²) in [6.07, 6.45) is 1.05. The fourth-order valence-electron chi connectivity index (χ4n) is 2.74. The van der Waals surface area contributed by atoms with E-state index in [4.69, 9.17) is 0 Å². The van der Waals surface area contributed by atoms with Crippen molar-refractivity contribution in [3.05, 3.63) is 40.6 Å². The highest BCUT2D eigenvalue weighted by Crippen LogP contribution is 2.30. The minimum atomic E-state index is 0.995. The van der Waals surface area contributed by atoms with E-state index in [-0.39, 0.29) is 0 Å². The number of hydrogen-bond donors (Lipinski definition) is 1. The third-order valence-corrected chi connectivity index (χ3v) is 3.76. The topological polar surface area (TPSA) is 31.9 Å². The van der Waals surface area contributed by atoms with Crippen molar-refractivity contribution in [2.24, 2.45) is 0 Å². The fraction of sp³-hybridized carbons (Fsp3) is 0.400. The van der Waals surface area contributed by atoms with Crippen LogP contribution < -0.4 is 0 Å². The second kappa shape index (κ2) is 4.25. The van der Waals surface area contributed by atoms with Crippen LogP contribution in [0.25, 0.3) is 11.3 Å².